The van der Waals surface area contributed by atoms with Crippen molar-refractivity contribution in [2.45, 2.75) is 32.7 Å². The molecule has 15 heteroatoms. The number of aromatic hydroxyl groups is 1. The zero-order valence-electron chi connectivity index (χ0n) is 23.0. The Kier molecular flexibility index (Phi) is 8.70. The number of nitrogens with zero attached hydrogens (tertiary/aromatic N) is 4. The lowest BCUT2D eigenvalue weighted by Crippen LogP contribution is -2.40. The number of phenolic OH excluding ortho intramolecular Hbond substituents is 1. The monoisotopic (exact) mass is 598 g/mol. The molecular weight excluding hydrogens is 572 g/mol. The van der Waals surface area contributed by atoms with E-state index in [1.807, 2.05) is 6.92 Å². The molecule has 2 heterocycles. The summed E-state index contributed by atoms with van der Waals surface area (Å²) in [6, 6.07) is 5.75. The Bertz CT molecular complexity index is 1770. The maximum atomic E-state index is 14.0. The topological polar surface area (TPSA) is 186 Å². The van der Waals surface area contributed by atoms with Gasteiger partial charge in [-0.15, -0.1) is 0 Å². The van der Waals surface area contributed by atoms with E-state index in [1.165, 1.54) is 24.9 Å². The molecule has 0 amide bonds. The maximum absolute atomic E-state index is 14.0. The fourth-order valence-corrected chi connectivity index (χ4v) is 5.63. The molecule has 0 spiro atoms. The van der Waals surface area contributed by atoms with Crippen LogP contribution in [0.4, 0.5) is 11.4 Å². The van der Waals surface area contributed by atoms with Gasteiger partial charge in [-0.3, -0.25) is 29.6 Å². The van der Waals surface area contributed by atoms with Gasteiger partial charge in [0.25, 0.3) is 11.3 Å². The van der Waals surface area contributed by atoms with Crippen molar-refractivity contribution in [2.24, 2.45) is 4.99 Å². The van der Waals surface area contributed by atoms with Crippen molar-refractivity contribution in [3.05, 3.63) is 92.6 Å². The first-order valence-electron chi connectivity index (χ1n) is 12.7. The molecule has 14 nitrogen and oxygen atoms in total. The number of allylic oxidation sites excluding steroid dienone is 1. The maximum Gasteiger partial charge on any atom is 0.338 e. The standard InChI is InChI=1S/C27H26N4O10S/c1-5-7-17-22(26(34)41-6-2)23(16-13-15(39-3)8-9-20(16)40-4)29-25(33)21(42-27(29)28-17)12-14-10-18(30(35)36)24(32)19(11-14)31(37)38/h8-13,23,32H,5-7H2,1-4H3/b21-12-/t23-/m1/s1. The predicted molar refractivity (Wildman–Crippen MR) is 151 cm³/mol. The normalized spacial score (nSPS) is 14.7. The first-order chi connectivity index (χ1) is 20.1. The zero-order valence-corrected chi connectivity index (χ0v) is 23.8. The number of thiazole rings is 1. The highest BCUT2D eigenvalue weighted by atomic mass is 32.1. The molecule has 3 aromatic rings. The molecule has 1 N–H and O–H groups in total. The van der Waals surface area contributed by atoms with Crippen LogP contribution in [-0.2, 0) is 9.53 Å². The number of carbonyl (C=O) groups is 1. The lowest BCUT2D eigenvalue weighted by Gasteiger charge is -2.27. The molecule has 1 atom stereocenters. The van der Waals surface area contributed by atoms with Gasteiger partial charge in [-0.05, 0) is 43.2 Å². The molecular formula is C27H26N4O10S. The predicted octanol–water partition coefficient (Wildman–Crippen LogP) is 3.12. The Morgan fingerprint density at radius 2 is 1.79 bits per heavy atom. The van der Waals surface area contributed by atoms with Crippen LogP contribution in [-0.4, -0.2) is 46.3 Å². The van der Waals surface area contributed by atoms with Gasteiger partial charge in [0.1, 0.15) is 17.5 Å². The number of nitro benzene ring substituents is 2. The van der Waals surface area contributed by atoms with Crippen molar-refractivity contribution in [3.8, 4) is 17.2 Å². The van der Waals surface area contributed by atoms with Crippen LogP contribution in [0.15, 0.2) is 51.4 Å². The fourth-order valence-electron chi connectivity index (χ4n) is 4.61. The average molecular weight is 599 g/mol. The molecule has 1 aliphatic heterocycles. The lowest BCUT2D eigenvalue weighted by molar-refractivity contribution is -0.396. The van der Waals surface area contributed by atoms with Gasteiger partial charge >= 0.3 is 17.3 Å². The first kappa shape index (κ1) is 29.9. The summed E-state index contributed by atoms with van der Waals surface area (Å²) in [5.41, 5.74) is -1.49. The number of aromatic nitrogens is 1. The Balaban J connectivity index is 2.08. The van der Waals surface area contributed by atoms with E-state index >= 15 is 0 Å². The summed E-state index contributed by atoms with van der Waals surface area (Å²) in [7, 11) is 2.91. The number of ether oxygens (including phenoxy) is 3. The van der Waals surface area contributed by atoms with Gasteiger partial charge in [-0.1, -0.05) is 24.7 Å². The smallest absolute Gasteiger partial charge is 0.338 e. The minimum atomic E-state index is -1.10. The summed E-state index contributed by atoms with van der Waals surface area (Å²) < 4.78 is 17.7. The Labute approximate surface area is 241 Å². The summed E-state index contributed by atoms with van der Waals surface area (Å²) in [6.07, 6.45) is 2.24. The Hall–Kier alpha value is -5.05. The van der Waals surface area contributed by atoms with Gasteiger partial charge in [0.2, 0.25) is 0 Å². The van der Waals surface area contributed by atoms with Crippen molar-refractivity contribution in [3.63, 3.8) is 0 Å². The van der Waals surface area contributed by atoms with Gasteiger partial charge < -0.3 is 19.3 Å². The van der Waals surface area contributed by atoms with Gasteiger partial charge in [0, 0.05) is 17.7 Å². The van der Waals surface area contributed by atoms with E-state index in [9.17, 15) is 34.9 Å². The lowest BCUT2D eigenvalue weighted by atomic mass is 9.93. The highest BCUT2D eigenvalue weighted by Crippen LogP contribution is 2.39. The number of phenols is 1. The quantitative estimate of drug-likeness (QED) is 0.206. The molecule has 1 aliphatic rings. The Morgan fingerprint density at radius 1 is 1.12 bits per heavy atom. The molecule has 0 fully saturated rings. The summed E-state index contributed by atoms with van der Waals surface area (Å²) >= 11 is 0.936. The molecule has 2 aromatic carbocycles. The van der Waals surface area contributed by atoms with Crippen molar-refractivity contribution in [1.82, 2.24) is 4.57 Å². The molecule has 0 saturated heterocycles. The molecule has 4 rings (SSSR count). The third kappa shape index (κ3) is 5.45. The van der Waals surface area contributed by atoms with Gasteiger partial charge in [0.15, 0.2) is 4.80 Å². The first-order valence-corrected chi connectivity index (χ1v) is 13.5. The highest BCUT2D eigenvalue weighted by Gasteiger charge is 2.36. The average Bonchev–Trinajstić information content (AvgIpc) is 3.26. The number of esters is 1. The van der Waals surface area contributed by atoms with Crippen LogP contribution in [0.25, 0.3) is 6.08 Å². The van der Waals surface area contributed by atoms with E-state index in [-0.39, 0.29) is 27.1 Å². The summed E-state index contributed by atoms with van der Waals surface area (Å²) in [4.78, 5) is 53.2. The Morgan fingerprint density at radius 3 is 2.33 bits per heavy atom. The van der Waals surface area contributed by atoms with E-state index in [0.717, 1.165) is 23.5 Å². The molecule has 0 aliphatic carbocycles. The number of methoxy groups -OCH3 is 2. The van der Waals surface area contributed by atoms with E-state index in [1.54, 1.807) is 25.1 Å². The molecule has 0 unspecified atom stereocenters. The minimum Gasteiger partial charge on any atom is -0.497 e. The van der Waals surface area contributed by atoms with Crippen LogP contribution in [0, 0.1) is 20.2 Å². The fraction of sp³-hybridized carbons (Fsp3) is 0.296. The molecule has 0 bridgehead atoms. The van der Waals surface area contributed by atoms with Gasteiger partial charge in [-0.25, -0.2) is 9.79 Å². The number of hydrogen-bond acceptors (Lipinski definition) is 12. The van der Waals surface area contributed by atoms with E-state index in [4.69, 9.17) is 14.2 Å². The summed E-state index contributed by atoms with van der Waals surface area (Å²) in [5, 5.41) is 32.9. The summed E-state index contributed by atoms with van der Waals surface area (Å²) in [6.45, 7) is 3.64. The molecule has 1 aromatic heterocycles. The second kappa shape index (κ2) is 12.2. The van der Waals surface area contributed by atoms with Crippen LogP contribution in [0.5, 0.6) is 17.2 Å². The van der Waals surface area contributed by atoms with Crippen molar-refractivity contribution < 1.29 is 34.0 Å². The number of hydrogen-bond donors (Lipinski definition) is 1. The van der Waals surface area contributed by atoms with Crippen molar-refractivity contribution in [1.29, 1.82) is 0 Å². The van der Waals surface area contributed by atoms with E-state index < -0.39 is 44.5 Å². The van der Waals surface area contributed by atoms with Crippen molar-refractivity contribution in [2.75, 3.05) is 20.8 Å². The molecule has 0 radical (unpaired) electrons. The molecule has 220 valence electrons. The third-order valence-electron chi connectivity index (χ3n) is 6.41. The van der Waals surface area contributed by atoms with Gasteiger partial charge in [0.05, 0.1) is 46.5 Å². The number of fused-ring (bicyclic) bond motifs is 1. The zero-order chi connectivity index (χ0) is 30.7. The van der Waals surface area contributed by atoms with Crippen LogP contribution < -0.4 is 24.4 Å². The number of nitro groups is 2. The number of rotatable bonds is 10. The minimum absolute atomic E-state index is 0.0239. The highest BCUT2D eigenvalue weighted by molar-refractivity contribution is 7.07. The van der Waals surface area contributed by atoms with Crippen LogP contribution in [0.3, 0.4) is 0 Å². The number of benzene rings is 2. The van der Waals surface area contributed by atoms with Crippen LogP contribution in [0.1, 0.15) is 43.9 Å². The third-order valence-corrected chi connectivity index (χ3v) is 7.39. The molecule has 42 heavy (non-hydrogen) atoms. The van der Waals surface area contributed by atoms with Crippen LogP contribution >= 0.6 is 11.3 Å². The largest absolute Gasteiger partial charge is 0.497 e. The van der Waals surface area contributed by atoms with E-state index in [2.05, 4.69) is 4.99 Å². The molecule has 0 saturated carbocycles. The van der Waals surface area contributed by atoms with Crippen molar-refractivity contribution >= 4 is 34.8 Å². The number of carbonyl (C=O) groups excluding carboxylic acids is 1. The van der Waals surface area contributed by atoms with Crippen LogP contribution in [0.2, 0.25) is 0 Å². The summed E-state index contributed by atoms with van der Waals surface area (Å²) in [5.74, 6) is -0.968. The SMILES string of the molecule is CCCC1=C(C(=O)OCC)[C@@H](c2cc(OC)ccc2OC)n2c(s/c(=C\c3cc([N+](=O)[O-])c(O)c([N+](=O)[O-])c3)c2=O)=N1. The van der Waals surface area contributed by atoms with E-state index in [0.29, 0.717) is 35.6 Å². The second-order valence-electron chi connectivity index (χ2n) is 8.94. The van der Waals surface area contributed by atoms with Gasteiger partial charge in [-0.2, -0.15) is 0 Å². The second-order valence-corrected chi connectivity index (χ2v) is 9.95.